The van der Waals surface area contributed by atoms with Crippen molar-refractivity contribution in [3.63, 3.8) is 0 Å². The molecule has 2 amide bonds. The largest absolute Gasteiger partial charge is 0.351 e. The minimum absolute atomic E-state index is 0.0975. The van der Waals surface area contributed by atoms with Crippen LogP contribution in [0.2, 0.25) is 0 Å². The number of pyridine rings is 2. The Labute approximate surface area is 185 Å². The molecule has 1 saturated heterocycles. The lowest BCUT2D eigenvalue weighted by Gasteiger charge is -2.18. The average molecular weight is 429 g/mol. The van der Waals surface area contributed by atoms with Crippen molar-refractivity contribution in [1.29, 1.82) is 0 Å². The molecule has 0 atom stereocenters. The highest BCUT2D eigenvalue weighted by Crippen LogP contribution is 2.39. The van der Waals surface area contributed by atoms with Gasteiger partial charge in [0.25, 0.3) is 11.8 Å². The second-order valence-corrected chi connectivity index (χ2v) is 8.03. The van der Waals surface area contributed by atoms with E-state index in [0.29, 0.717) is 28.5 Å². The van der Waals surface area contributed by atoms with Gasteiger partial charge in [-0.25, -0.2) is 15.0 Å². The van der Waals surface area contributed by atoms with Gasteiger partial charge in [0.2, 0.25) is 0 Å². The summed E-state index contributed by atoms with van der Waals surface area (Å²) in [4.78, 5) is 44.8. The minimum Gasteiger partial charge on any atom is -0.351 e. The van der Waals surface area contributed by atoms with Gasteiger partial charge < -0.3 is 15.5 Å². The molecule has 0 aromatic carbocycles. The Hall–Kier alpha value is -3.88. The maximum atomic E-state index is 13.3. The van der Waals surface area contributed by atoms with E-state index in [1.807, 2.05) is 12.1 Å². The Morgan fingerprint density at radius 1 is 0.938 bits per heavy atom. The van der Waals surface area contributed by atoms with Crippen LogP contribution < -0.4 is 10.6 Å². The Bertz CT molecular complexity index is 1140. The van der Waals surface area contributed by atoms with Crippen LogP contribution in [0.5, 0.6) is 0 Å². The summed E-state index contributed by atoms with van der Waals surface area (Å²) in [6, 6.07) is 5.43. The summed E-state index contributed by atoms with van der Waals surface area (Å²) >= 11 is 0. The van der Waals surface area contributed by atoms with E-state index in [1.54, 1.807) is 29.6 Å². The van der Waals surface area contributed by atoms with Gasteiger partial charge in [0.05, 0.1) is 41.2 Å². The third kappa shape index (κ3) is 4.27. The first-order valence-electron chi connectivity index (χ1n) is 10.8. The SMILES string of the molecule is O=C(Nc1cnccc1C(=O)N1CCCC1)c1nc(C2CC2)ccc1Nc1cncnc1. The van der Waals surface area contributed by atoms with Crippen molar-refractivity contribution in [3.05, 3.63) is 66.3 Å². The summed E-state index contributed by atoms with van der Waals surface area (Å²) in [6.45, 7) is 1.46. The van der Waals surface area contributed by atoms with Gasteiger partial charge in [-0.1, -0.05) is 0 Å². The molecule has 32 heavy (non-hydrogen) atoms. The number of anilines is 3. The van der Waals surface area contributed by atoms with Crippen LogP contribution in [0.15, 0.2) is 49.3 Å². The van der Waals surface area contributed by atoms with Crippen molar-refractivity contribution >= 4 is 28.9 Å². The fourth-order valence-corrected chi connectivity index (χ4v) is 3.83. The maximum absolute atomic E-state index is 13.3. The van der Waals surface area contributed by atoms with Crippen LogP contribution in [0.3, 0.4) is 0 Å². The molecule has 5 rings (SSSR count). The third-order valence-electron chi connectivity index (χ3n) is 5.66. The maximum Gasteiger partial charge on any atom is 0.276 e. The fraction of sp³-hybridized carbons (Fsp3) is 0.304. The Morgan fingerprint density at radius 3 is 2.47 bits per heavy atom. The van der Waals surface area contributed by atoms with E-state index in [4.69, 9.17) is 0 Å². The molecule has 0 spiro atoms. The van der Waals surface area contributed by atoms with Crippen LogP contribution >= 0.6 is 0 Å². The number of carbonyl (C=O) groups is 2. The topological polar surface area (TPSA) is 113 Å². The molecule has 9 nitrogen and oxygen atoms in total. The van der Waals surface area contributed by atoms with Crippen LogP contribution in [0.4, 0.5) is 17.1 Å². The average Bonchev–Trinajstić information content (AvgIpc) is 3.53. The van der Waals surface area contributed by atoms with Gasteiger partial charge in [0.1, 0.15) is 6.33 Å². The number of nitrogens with zero attached hydrogens (tertiary/aromatic N) is 5. The lowest BCUT2D eigenvalue weighted by atomic mass is 10.1. The van der Waals surface area contributed by atoms with E-state index in [9.17, 15) is 9.59 Å². The number of rotatable bonds is 6. The van der Waals surface area contributed by atoms with Gasteiger partial charge in [-0.3, -0.25) is 14.6 Å². The zero-order chi connectivity index (χ0) is 21.9. The lowest BCUT2D eigenvalue weighted by molar-refractivity contribution is 0.0793. The molecular weight excluding hydrogens is 406 g/mol. The number of likely N-dealkylation sites (tertiary alicyclic amines) is 1. The third-order valence-corrected chi connectivity index (χ3v) is 5.66. The summed E-state index contributed by atoms with van der Waals surface area (Å²) in [5, 5.41) is 6.03. The second kappa shape index (κ2) is 8.70. The lowest BCUT2D eigenvalue weighted by Crippen LogP contribution is -2.29. The van der Waals surface area contributed by atoms with Gasteiger partial charge >= 0.3 is 0 Å². The molecule has 1 saturated carbocycles. The molecule has 4 heterocycles. The number of hydrogen-bond donors (Lipinski definition) is 2. The number of aromatic nitrogens is 4. The normalized spacial score (nSPS) is 15.4. The molecule has 0 unspecified atom stereocenters. The summed E-state index contributed by atoms with van der Waals surface area (Å²) in [5.74, 6) is -0.114. The molecule has 162 valence electrons. The van der Waals surface area contributed by atoms with Crippen LogP contribution in [0.25, 0.3) is 0 Å². The first-order chi connectivity index (χ1) is 15.7. The number of carbonyl (C=O) groups excluding carboxylic acids is 2. The molecule has 2 fully saturated rings. The highest BCUT2D eigenvalue weighted by atomic mass is 16.2. The van der Waals surface area contributed by atoms with E-state index in [1.165, 1.54) is 12.5 Å². The van der Waals surface area contributed by atoms with E-state index in [2.05, 4.69) is 30.6 Å². The predicted molar refractivity (Wildman–Crippen MR) is 119 cm³/mol. The van der Waals surface area contributed by atoms with Gasteiger partial charge in [0, 0.05) is 30.9 Å². The number of nitrogens with one attached hydrogen (secondary N) is 2. The molecule has 1 aliphatic heterocycles. The van der Waals surface area contributed by atoms with Crippen LogP contribution in [0, 0.1) is 0 Å². The standard InChI is InChI=1S/C23H23N7O2/c31-22(29-20-13-24-8-7-17(20)23(32)30-9-1-2-10-30)21-19(27-16-11-25-14-26-12-16)6-5-18(28-21)15-3-4-15/h5-8,11-15,27H,1-4,9-10H2,(H,29,31). The fourth-order valence-electron chi connectivity index (χ4n) is 3.83. The van der Waals surface area contributed by atoms with Crippen LogP contribution in [-0.2, 0) is 0 Å². The minimum atomic E-state index is -0.407. The zero-order valence-electron chi connectivity index (χ0n) is 17.5. The number of hydrogen-bond acceptors (Lipinski definition) is 7. The van der Waals surface area contributed by atoms with E-state index in [-0.39, 0.29) is 11.6 Å². The highest BCUT2D eigenvalue weighted by Gasteiger charge is 2.28. The van der Waals surface area contributed by atoms with Gasteiger partial charge in [-0.15, -0.1) is 0 Å². The quantitative estimate of drug-likeness (QED) is 0.618. The Kier molecular flexibility index (Phi) is 5.45. The van der Waals surface area contributed by atoms with Crippen LogP contribution in [-0.4, -0.2) is 49.7 Å². The summed E-state index contributed by atoms with van der Waals surface area (Å²) in [7, 11) is 0. The van der Waals surface area contributed by atoms with E-state index < -0.39 is 5.91 Å². The first kappa shape index (κ1) is 20.0. The molecule has 0 bridgehead atoms. The molecule has 2 aliphatic rings. The first-order valence-corrected chi connectivity index (χ1v) is 10.8. The molecule has 2 N–H and O–H groups in total. The van der Waals surface area contributed by atoms with E-state index >= 15 is 0 Å². The van der Waals surface area contributed by atoms with Crippen molar-refractivity contribution in [2.75, 3.05) is 23.7 Å². The zero-order valence-corrected chi connectivity index (χ0v) is 17.5. The van der Waals surface area contributed by atoms with Crippen LogP contribution in [0.1, 0.15) is 58.1 Å². The summed E-state index contributed by atoms with van der Waals surface area (Å²) < 4.78 is 0. The van der Waals surface area contributed by atoms with Crippen molar-refractivity contribution in [2.45, 2.75) is 31.6 Å². The van der Waals surface area contributed by atoms with Crippen molar-refractivity contribution in [2.24, 2.45) is 0 Å². The Balaban J connectivity index is 1.44. The monoisotopic (exact) mass is 429 g/mol. The van der Waals surface area contributed by atoms with Crippen molar-refractivity contribution in [1.82, 2.24) is 24.8 Å². The second-order valence-electron chi connectivity index (χ2n) is 8.03. The van der Waals surface area contributed by atoms with Crippen molar-refractivity contribution in [3.8, 4) is 0 Å². The smallest absolute Gasteiger partial charge is 0.276 e. The van der Waals surface area contributed by atoms with E-state index in [0.717, 1.165) is 44.5 Å². The van der Waals surface area contributed by atoms with Gasteiger partial charge in [0.15, 0.2) is 5.69 Å². The molecule has 3 aromatic rings. The number of amides is 2. The summed E-state index contributed by atoms with van der Waals surface area (Å²) in [5.41, 5.74) is 3.14. The van der Waals surface area contributed by atoms with Gasteiger partial charge in [-0.05, 0) is 43.9 Å². The highest BCUT2D eigenvalue weighted by molar-refractivity contribution is 6.10. The van der Waals surface area contributed by atoms with Gasteiger partial charge in [-0.2, -0.15) is 0 Å². The Morgan fingerprint density at radius 2 is 1.72 bits per heavy atom. The molecule has 3 aromatic heterocycles. The van der Waals surface area contributed by atoms with Crippen molar-refractivity contribution < 1.29 is 9.59 Å². The predicted octanol–water partition coefficient (Wildman–Crippen LogP) is 3.38. The molecule has 0 radical (unpaired) electrons. The molecule has 1 aliphatic carbocycles. The summed E-state index contributed by atoms with van der Waals surface area (Å²) in [6.07, 6.45) is 11.9. The molecule has 9 heteroatoms. The molecular formula is C23H23N7O2.